The van der Waals surface area contributed by atoms with E-state index in [9.17, 15) is 10.1 Å². The summed E-state index contributed by atoms with van der Waals surface area (Å²) in [7, 11) is 0. The van der Waals surface area contributed by atoms with Crippen molar-refractivity contribution in [2.45, 2.75) is 0 Å². The van der Waals surface area contributed by atoms with Crippen LogP contribution in [0.4, 0.5) is 5.69 Å². The number of rotatable bonds is 2. The molecule has 0 spiro atoms. The minimum atomic E-state index is -0.440. The second-order valence-electron chi connectivity index (χ2n) is 3.62. The average molecular weight is 241 g/mol. The molecule has 7 heteroatoms. The van der Waals surface area contributed by atoms with Gasteiger partial charge in [-0.2, -0.15) is 5.10 Å². The van der Waals surface area contributed by atoms with Crippen LogP contribution in [0.25, 0.3) is 17.0 Å². The third-order valence-corrected chi connectivity index (χ3v) is 2.48. The van der Waals surface area contributed by atoms with Crippen molar-refractivity contribution in [3.8, 4) is 11.3 Å². The molecule has 0 aliphatic heterocycles. The molecule has 88 valence electrons. The normalized spacial score (nSPS) is 10.7. The van der Waals surface area contributed by atoms with Gasteiger partial charge in [0.25, 0.3) is 11.5 Å². The number of nitro benzene ring substituents is 1. The first-order chi connectivity index (χ1) is 8.74. The van der Waals surface area contributed by atoms with Crippen molar-refractivity contribution in [3.05, 3.63) is 53.0 Å². The van der Waals surface area contributed by atoms with Gasteiger partial charge in [0.1, 0.15) is 0 Å². The summed E-state index contributed by atoms with van der Waals surface area (Å²) in [4.78, 5) is 18.6. The summed E-state index contributed by atoms with van der Waals surface area (Å²) >= 11 is 0. The summed E-state index contributed by atoms with van der Waals surface area (Å²) in [5, 5.41) is 14.8. The fourth-order valence-corrected chi connectivity index (χ4v) is 1.63. The molecular formula is C11H7N5O2. The number of non-ortho nitro benzene ring substituents is 1. The van der Waals surface area contributed by atoms with Crippen LogP contribution in [0.1, 0.15) is 0 Å². The molecule has 0 N–H and O–H groups in total. The van der Waals surface area contributed by atoms with Crippen molar-refractivity contribution in [3.63, 3.8) is 0 Å². The van der Waals surface area contributed by atoms with Gasteiger partial charge < -0.3 is 0 Å². The number of nitro groups is 1. The fraction of sp³-hybridized carbons (Fsp3) is 0. The van der Waals surface area contributed by atoms with Gasteiger partial charge in [-0.1, -0.05) is 12.1 Å². The van der Waals surface area contributed by atoms with Gasteiger partial charge in [0.2, 0.25) is 0 Å². The third kappa shape index (κ3) is 1.67. The van der Waals surface area contributed by atoms with Crippen molar-refractivity contribution >= 4 is 11.5 Å². The number of fused-ring (bicyclic) bond motifs is 1. The smallest absolute Gasteiger partial charge is 0.258 e. The standard InChI is InChI=1S/C11H7N5O2/c17-16(18)9-3-1-2-8(6-9)10-7-13-15-5-4-12-11(15)14-10/h1-7H. The van der Waals surface area contributed by atoms with Crippen LogP contribution >= 0.6 is 0 Å². The molecule has 1 aromatic carbocycles. The van der Waals surface area contributed by atoms with Crippen LogP contribution in [0.3, 0.4) is 0 Å². The van der Waals surface area contributed by atoms with Gasteiger partial charge in [-0.3, -0.25) is 10.1 Å². The fourth-order valence-electron chi connectivity index (χ4n) is 1.63. The SMILES string of the molecule is O=[N+]([O-])c1cccc(-c2cnn3ccnc3n2)c1. The van der Waals surface area contributed by atoms with E-state index in [2.05, 4.69) is 15.1 Å². The van der Waals surface area contributed by atoms with E-state index in [0.29, 0.717) is 17.0 Å². The van der Waals surface area contributed by atoms with Gasteiger partial charge in [-0.25, -0.2) is 14.5 Å². The molecule has 3 rings (SSSR count). The van der Waals surface area contributed by atoms with E-state index in [4.69, 9.17) is 0 Å². The Labute approximate surface area is 101 Å². The number of nitrogens with zero attached hydrogens (tertiary/aromatic N) is 5. The molecule has 7 nitrogen and oxygen atoms in total. The van der Waals surface area contributed by atoms with Gasteiger partial charge in [-0.05, 0) is 0 Å². The van der Waals surface area contributed by atoms with E-state index >= 15 is 0 Å². The van der Waals surface area contributed by atoms with Crippen LogP contribution in [0.5, 0.6) is 0 Å². The number of aromatic nitrogens is 4. The first-order valence-electron chi connectivity index (χ1n) is 5.15. The first kappa shape index (κ1) is 10.3. The zero-order chi connectivity index (χ0) is 12.5. The molecule has 18 heavy (non-hydrogen) atoms. The molecule has 2 heterocycles. The van der Waals surface area contributed by atoms with Gasteiger partial charge in [-0.15, -0.1) is 0 Å². The molecule has 0 aliphatic carbocycles. The minimum absolute atomic E-state index is 0.0255. The third-order valence-electron chi connectivity index (χ3n) is 2.48. The molecule has 0 saturated carbocycles. The van der Waals surface area contributed by atoms with Crippen molar-refractivity contribution < 1.29 is 4.92 Å². The van der Waals surface area contributed by atoms with Crippen LogP contribution in [0.2, 0.25) is 0 Å². The Hall–Kier alpha value is -2.83. The van der Waals surface area contributed by atoms with Crippen LogP contribution in [0, 0.1) is 10.1 Å². The Morgan fingerprint density at radius 1 is 1.33 bits per heavy atom. The Kier molecular flexibility index (Phi) is 2.23. The monoisotopic (exact) mass is 241 g/mol. The van der Waals surface area contributed by atoms with E-state index in [0.717, 1.165) is 0 Å². The second kappa shape index (κ2) is 3.88. The highest BCUT2D eigenvalue weighted by Crippen LogP contribution is 2.21. The lowest BCUT2D eigenvalue weighted by atomic mass is 10.1. The summed E-state index contributed by atoms with van der Waals surface area (Å²) in [6.45, 7) is 0. The van der Waals surface area contributed by atoms with Gasteiger partial charge in [0.05, 0.1) is 23.0 Å². The van der Waals surface area contributed by atoms with Crippen LogP contribution in [-0.4, -0.2) is 24.5 Å². The first-order valence-corrected chi connectivity index (χ1v) is 5.15. The van der Waals surface area contributed by atoms with E-state index in [-0.39, 0.29) is 5.69 Å². The highest BCUT2D eigenvalue weighted by Gasteiger charge is 2.09. The molecule has 0 radical (unpaired) electrons. The quantitative estimate of drug-likeness (QED) is 0.503. The molecule has 0 bridgehead atoms. The largest absolute Gasteiger partial charge is 0.270 e. The number of hydrogen-bond donors (Lipinski definition) is 0. The van der Waals surface area contributed by atoms with Crippen molar-refractivity contribution in [2.75, 3.05) is 0 Å². The summed E-state index contributed by atoms with van der Waals surface area (Å²) in [6.07, 6.45) is 4.82. The molecule has 0 aliphatic rings. The number of benzene rings is 1. The van der Waals surface area contributed by atoms with E-state index < -0.39 is 4.92 Å². The molecule has 2 aromatic heterocycles. The lowest BCUT2D eigenvalue weighted by Crippen LogP contribution is -1.96. The summed E-state index contributed by atoms with van der Waals surface area (Å²) in [5.41, 5.74) is 1.22. The topological polar surface area (TPSA) is 86.2 Å². The average Bonchev–Trinajstić information content (AvgIpc) is 2.86. The van der Waals surface area contributed by atoms with Crippen LogP contribution < -0.4 is 0 Å². The summed E-state index contributed by atoms with van der Waals surface area (Å²) in [6, 6.07) is 6.26. The molecule has 0 amide bonds. The maximum atomic E-state index is 10.7. The van der Waals surface area contributed by atoms with Crippen molar-refractivity contribution in [1.29, 1.82) is 0 Å². The maximum Gasteiger partial charge on any atom is 0.270 e. The second-order valence-corrected chi connectivity index (χ2v) is 3.62. The lowest BCUT2D eigenvalue weighted by Gasteiger charge is -2.00. The zero-order valence-corrected chi connectivity index (χ0v) is 9.09. The van der Waals surface area contributed by atoms with E-state index in [1.54, 1.807) is 30.7 Å². The highest BCUT2D eigenvalue weighted by molar-refractivity contribution is 5.62. The predicted octanol–water partition coefficient (Wildman–Crippen LogP) is 1.70. The number of hydrogen-bond acceptors (Lipinski definition) is 5. The number of imidazole rings is 1. The summed E-state index contributed by atoms with van der Waals surface area (Å²) in [5.74, 6) is 0.457. The molecular weight excluding hydrogens is 234 g/mol. The molecule has 0 saturated heterocycles. The Bertz CT molecular complexity index is 737. The Morgan fingerprint density at radius 2 is 2.22 bits per heavy atom. The van der Waals surface area contributed by atoms with E-state index in [1.807, 2.05) is 0 Å². The van der Waals surface area contributed by atoms with Crippen molar-refractivity contribution in [2.24, 2.45) is 0 Å². The van der Waals surface area contributed by atoms with Gasteiger partial charge in [0, 0.05) is 23.9 Å². The van der Waals surface area contributed by atoms with Crippen LogP contribution in [0.15, 0.2) is 42.9 Å². The zero-order valence-electron chi connectivity index (χ0n) is 9.09. The molecule has 0 atom stereocenters. The van der Waals surface area contributed by atoms with E-state index in [1.165, 1.54) is 16.6 Å². The molecule has 0 fully saturated rings. The van der Waals surface area contributed by atoms with Gasteiger partial charge in [0.15, 0.2) is 0 Å². The highest BCUT2D eigenvalue weighted by atomic mass is 16.6. The summed E-state index contributed by atoms with van der Waals surface area (Å²) < 4.78 is 1.53. The van der Waals surface area contributed by atoms with Crippen LogP contribution in [-0.2, 0) is 0 Å². The Balaban J connectivity index is 2.13. The minimum Gasteiger partial charge on any atom is -0.258 e. The maximum absolute atomic E-state index is 10.7. The van der Waals surface area contributed by atoms with Gasteiger partial charge >= 0.3 is 0 Å². The molecule has 0 unspecified atom stereocenters. The molecule has 3 aromatic rings. The predicted molar refractivity (Wildman–Crippen MR) is 62.9 cm³/mol. The Morgan fingerprint density at radius 3 is 3.06 bits per heavy atom. The van der Waals surface area contributed by atoms with Crippen molar-refractivity contribution in [1.82, 2.24) is 19.6 Å². The lowest BCUT2D eigenvalue weighted by molar-refractivity contribution is -0.384.